The highest BCUT2D eigenvalue weighted by atomic mass is 32.2. The molecule has 2 atom stereocenters. The molecule has 110 valence electrons. The van der Waals surface area contributed by atoms with Gasteiger partial charge in [-0.1, -0.05) is 0 Å². The predicted octanol–water partition coefficient (Wildman–Crippen LogP) is 1.53. The Balaban J connectivity index is 1.78. The minimum absolute atomic E-state index is 0.176. The van der Waals surface area contributed by atoms with Crippen LogP contribution >= 0.6 is 0 Å². The summed E-state index contributed by atoms with van der Waals surface area (Å²) in [6.07, 6.45) is 3.54. The first-order chi connectivity index (χ1) is 9.42. The second-order valence-corrected chi connectivity index (χ2v) is 7.25. The summed E-state index contributed by atoms with van der Waals surface area (Å²) in [6, 6.07) is 2.83. The molecule has 7 heteroatoms. The molecule has 2 N–H and O–H groups in total. The van der Waals surface area contributed by atoms with E-state index in [0.717, 1.165) is 25.0 Å². The van der Waals surface area contributed by atoms with E-state index in [9.17, 15) is 17.2 Å². The molecule has 2 heterocycles. The number of rotatable bonds is 3. The lowest BCUT2D eigenvalue weighted by Gasteiger charge is -2.29. The van der Waals surface area contributed by atoms with Gasteiger partial charge in [0.05, 0.1) is 4.90 Å². The van der Waals surface area contributed by atoms with Crippen LogP contribution in [0.2, 0.25) is 0 Å². The van der Waals surface area contributed by atoms with Gasteiger partial charge in [-0.2, -0.15) is 0 Å². The zero-order valence-corrected chi connectivity index (χ0v) is 11.6. The fraction of sp³-hybridized carbons (Fsp3) is 0.538. The molecule has 2 fully saturated rings. The zero-order chi connectivity index (χ0) is 14.3. The monoisotopic (exact) mass is 302 g/mol. The molecular weight excluding hydrogens is 286 g/mol. The lowest BCUT2D eigenvalue weighted by molar-refractivity contribution is 0.345. The number of halogens is 2. The second-order valence-electron chi connectivity index (χ2n) is 5.53. The molecule has 3 rings (SSSR count). The summed E-state index contributed by atoms with van der Waals surface area (Å²) in [5, 5.41) is 3.41. The van der Waals surface area contributed by atoms with Gasteiger partial charge in [-0.05, 0) is 37.8 Å². The molecule has 0 spiro atoms. The first-order valence-corrected chi connectivity index (χ1v) is 8.15. The Hall–Kier alpha value is -1.05. The summed E-state index contributed by atoms with van der Waals surface area (Å²) in [5.74, 6) is -1.79. The minimum atomic E-state index is -3.88. The van der Waals surface area contributed by atoms with Crippen LogP contribution in [0, 0.1) is 11.6 Å². The molecule has 0 saturated carbocycles. The van der Waals surface area contributed by atoms with Crippen molar-refractivity contribution in [2.75, 3.05) is 0 Å². The number of hydrogen-bond acceptors (Lipinski definition) is 3. The molecule has 4 nitrogen and oxygen atoms in total. The number of fused-ring (bicyclic) bond motifs is 2. The smallest absolute Gasteiger partial charge is 0.241 e. The van der Waals surface area contributed by atoms with Crippen LogP contribution in [-0.2, 0) is 10.0 Å². The Morgan fingerprint density at radius 1 is 1.05 bits per heavy atom. The quantitative estimate of drug-likeness (QED) is 0.890. The summed E-state index contributed by atoms with van der Waals surface area (Å²) in [7, 11) is -3.88. The molecule has 20 heavy (non-hydrogen) atoms. The molecule has 2 aliphatic rings. The van der Waals surface area contributed by atoms with E-state index in [2.05, 4.69) is 10.0 Å². The molecule has 2 saturated heterocycles. The van der Waals surface area contributed by atoms with E-state index in [-0.39, 0.29) is 10.9 Å². The molecule has 1 aromatic rings. The number of sulfonamides is 1. The SMILES string of the molecule is O=S(=O)(NC1CC2CCC(C1)N2)c1cc(F)cc(F)c1. The van der Waals surface area contributed by atoms with Crippen molar-refractivity contribution in [2.45, 2.75) is 48.7 Å². The van der Waals surface area contributed by atoms with Crippen LogP contribution in [0.15, 0.2) is 23.1 Å². The molecule has 0 amide bonds. The second kappa shape index (κ2) is 5.05. The van der Waals surface area contributed by atoms with Crippen molar-refractivity contribution in [2.24, 2.45) is 0 Å². The lowest BCUT2D eigenvalue weighted by atomic mass is 10.0. The van der Waals surface area contributed by atoms with Crippen LogP contribution < -0.4 is 10.0 Å². The van der Waals surface area contributed by atoms with E-state index in [4.69, 9.17) is 0 Å². The first-order valence-electron chi connectivity index (χ1n) is 6.67. The third-order valence-electron chi connectivity index (χ3n) is 3.94. The molecule has 2 bridgehead atoms. The van der Waals surface area contributed by atoms with Crippen molar-refractivity contribution in [3.63, 3.8) is 0 Å². The van der Waals surface area contributed by atoms with Gasteiger partial charge in [-0.3, -0.25) is 0 Å². The van der Waals surface area contributed by atoms with Gasteiger partial charge in [0.15, 0.2) is 0 Å². The van der Waals surface area contributed by atoms with Gasteiger partial charge in [0.1, 0.15) is 11.6 Å². The Bertz CT molecular complexity index is 589. The maximum Gasteiger partial charge on any atom is 0.241 e. The van der Waals surface area contributed by atoms with Gasteiger partial charge in [0.2, 0.25) is 10.0 Å². The van der Waals surface area contributed by atoms with Crippen molar-refractivity contribution in [1.29, 1.82) is 0 Å². The average Bonchev–Trinajstić information content (AvgIpc) is 2.67. The Morgan fingerprint density at radius 3 is 2.15 bits per heavy atom. The molecule has 0 radical (unpaired) electrons. The van der Waals surface area contributed by atoms with E-state index in [0.29, 0.717) is 31.0 Å². The van der Waals surface area contributed by atoms with Crippen molar-refractivity contribution < 1.29 is 17.2 Å². The van der Waals surface area contributed by atoms with E-state index in [1.54, 1.807) is 0 Å². The van der Waals surface area contributed by atoms with E-state index in [1.807, 2.05) is 0 Å². The van der Waals surface area contributed by atoms with Crippen molar-refractivity contribution in [1.82, 2.24) is 10.0 Å². The molecule has 2 unspecified atom stereocenters. The van der Waals surface area contributed by atoms with Gasteiger partial charge in [-0.25, -0.2) is 21.9 Å². The van der Waals surface area contributed by atoms with Gasteiger partial charge in [0, 0.05) is 24.2 Å². The van der Waals surface area contributed by atoms with Crippen LogP contribution in [0.25, 0.3) is 0 Å². The number of hydrogen-bond donors (Lipinski definition) is 2. The van der Waals surface area contributed by atoms with Crippen molar-refractivity contribution in [3.8, 4) is 0 Å². The highest BCUT2D eigenvalue weighted by molar-refractivity contribution is 7.89. The summed E-state index contributed by atoms with van der Waals surface area (Å²) < 4.78 is 53.2. The third-order valence-corrected chi connectivity index (χ3v) is 5.44. The fourth-order valence-electron chi connectivity index (χ4n) is 3.12. The topological polar surface area (TPSA) is 58.2 Å². The predicted molar refractivity (Wildman–Crippen MR) is 69.6 cm³/mol. The summed E-state index contributed by atoms with van der Waals surface area (Å²) in [6.45, 7) is 0. The van der Waals surface area contributed by atoms with Gasteiger partial charge < -0.3 is 5.32 Å². The highest BCUT2D eigenvalue weighted by Gasteiger charge is 2.35. The maximum atomic E-state index is 13.1. The molecule has 0 aliphatic carbocycles. The van der Waals surface area contributed by atoms with Crippen molar-refractivity contribution in [3.05, 3.63) is 29.8 Å². The van der Waals surface area contributed by atoms with Crippen LogP contribution in [0.1, 0.15) is 25.7 Å². The number of nitrogens with one attached hydrogen (secondary N) is 2. The highest BCUT2D eigenvalue weighted by Crippen LogP contribution is 2.27. The molecular formula is C13H16F2N2O2S. The lowest BCUT2D eigenvalue weighted by Crippen LogP contribution is -2.47. The van der Waals surface area contributed by atoms with E-state index in [1.165, 1.54) is 0 Å². The van der Waals surface area contributed by atoms with Crippen LogP contribution in [-0.4, -0.2) is 26.5 Å². The van der Waals surface area contributed by atoms with Crippen molar-refractivity contribution >= 4 is 10.0 Å². The standard InChI is InChI=1S/C13H16F2N2O2S/c14-8-3-9(15)5-13(4-8)20(18,19)17-12-6-10-1-2-11(7-12)16-10/h3-5,10-12,16-17H,1-2,6-7H2. The van der Waals surface area contributed by atoms with E-state index < -0.39 is 21.7 Å². The van der Waals surface area contributed by atoms with Crippen LogP contribution in [0.5, 0.6) is 0 Å². The molecule has 2 aliphatic heterocycles. The molecule has 0 aromatic heterocycles. The van der Waals surface area contributed by atoms with E-state index >= 15 is 0 Å². The minimum Gasteiger partial charge on any atom is -0.311 e. The van der Waals surface area contributed by atoms with Gasteiger partial charge in [-0.15, -0.1) is 0 Å². The maximum absolute atomic E-state index is 13.1. The Labute approximate surface area is 116 Å². The van der Waals surface area contributed by atoms with Crippen LogP contribution in [0.3, 0.4) is 0 Å². The van der Waals surface area contributed by atoms with Gasteiger partial charge >= 0.3 is 0 Å². The zero-order valence-electron chi connectivity index (χ0n) is 10.8. The number of piperidine rings is 1. The fourth-order valence-corrected chi connectivity index (χ4v) is 4.43. The summed E-state index contributed by atoms with van der Waals surface area (Å²) in [5.41, 5.74) is 0. The first kappa shape index (κ1) is 13.9. The molecule has 1 aromatic carbocycles. The van der Waals surface area contributed by atoms with Gasteiger partial charge in [0.25, 0.3) is 0 Å². The largest absolute Gasteiger partial charge is 0.311 e. The average molecular weight is 302 g/mol. The van der Waals surface area contributed by atoms with Crippen LogP contribution in [0.4, 0.5) is 8.78 Å². The Kier molecular flexibility index (Phi) is 3.51. The normalized spacial score (nSPS) is 29.6. The third kappa shape index (κ3) is 2.84. The Morgan fingerprint density at radius 2 is 1.60 bits per heavy atom. The summed E-state index contributed by atoms with van der Waals surface area (Å²) >= 11 is 0. The number of benzene rings is 1. The summed E-state index contributed by atoms with van der Waals surface area (Å²) in [4.78, 5) is -0.360.